The number of carbonyl (C=O) groups is 2. The molecule has 0 spiro atoms. The van der Waals surface area contributed by atoms with Gasteiger partial charge in [0, 0.05) is 19.6 Å². The van der Waals surface area contributed by atoms with E-state index in [0.29, 0.717) is 31.8 Å². The van der Waals surface area contributed by atoms with E-state index in [1.165, 1.54) is 4.90 Å². The molecular weight excluding hydrogens is 311 g/mol. The topological polar surface area (TPSA) is 49.9 Å². The van der Waals surface area contributed by atoms with Gasteiger partial charge in [-0.1, -0.05) is 18.2 Å². The minimum absolute atomic E-state index is 0.141. The number of nitrogens with zero attached hydrogens (tertiary/aromatic N) is 2. The lowest BCUT2D eigenvalue weighted by Gasteiger charge is -2.38. The van der Waals surface area contributed by atoms with Crippen LogP contribution in [0.3, 0.4) is 0 Å². The Kier molecular flexibility index (Phi) is 5.02. The van der Waals surface area contributed by atoms with Crippen molar-refractivity contribution in [3.8, 4) is 5.75 Å². The maximum absolute atomic E-state index is 15.2. The van der Waals surface area contributed by atoms with Crippen molar-refractivity contribution in [2.45, 2.75) is 31.4 Å². The first-order valence-electron chi connectivity index (χ1n) is 8.52. The summed E-state index contributed by atoms with van der Waals surface area (Å²) in [6.45, 7) is 1.40. The highest BCUT2D eigenvalue weighted by molar-refractivity contribution is 5.87. The fourth-order valence-corrected chi connectivity index (χ4v) is 3.35. The molecule has 1 aromatic rings. The number of para-hydroxylation sites is 1. The lowest BCUT2D eigenvalue weighted by Crippen LogP contribution is -2.56. The van der Waals surface area contributed by atoms with Crippen LogP contribution in [0, 0.1) is 0 Å². The van der Waals surface area contributed by atoms with Crippen molar-refractivity contribution < 1.29 is 18.7 Å². The standard InChI is InChI=1S/C18H23FN2O3/c19-18(17(23)20-10-4-5-11-20)9-6-12-21(14-18)16(22)13-24-15-7-2-1-3-8-15/h1-3,7-8H,4-6,9-14H2. The summed E-state index contributed by atoms with van der Waals surface area (Å²) in [7, 11) is 0. The molecule has 130 valence electrons. The Morgan fingerprint density at radius 3 is 2.42 bits per heavy atom. The Morgan fingerprint density at radius 1 is 1.04 bits per heavy atom. The first kappa shape index (κ1) is 16.7. The lowest BCUT2D eigenvalue weighted by atomic mass is 9.93. The van der Waals surface area contributed by atoms with Crippen LogP contribution in [0.1, 0.15) is 25.7 Å². The molecule has 2 amide bonds. The quantitative estimate of drug-likeness (QED) is 0.846. The Labute approximate surface area is 141 Å². The zero-order chi connectivity index (χ0) is 17.0. The van der Waals surface area contributed by atoms with E-state index in [0.717, 1.165) is 12.8 Å². The Hall–Kier alpha value is -2.11. The summed E-state index contributed by atoms with van der Waals surface area (Å²) in [5.41, 5.74) is -1.95. The largest absolute Gasteiger partial charge is 0.484 e. The van der Waals surface area contributed by atoms with Gasteiger partial charge in [-0.25, -0.2) is 4.39 Å². The first-order valence-corrected chi connectivity index (χ1v) is 8.52. The number of rotatable bonds is 4. The molecule has 2 heterocycles. The predicted molar refractivity (Wildman–Crippen MR) is 87.4 cm³/mol. The van der Waals surface area contributed by atoms with Crippen molar-refractivity contribution in [3.05, 3.63) is 30.3 Å². The van der Waals surface area contributed by atoms with Crippen molar-refractivity contribution in [1.29, 1.82) is 0 Å². The van der Waals surface area contributed by atoms with Crippen LogP contribution in [0.2, 0.25) is 0 Å². The number of benzene rings is 1. The number of likely N-dealkylation sites (tertiary alicyclic amines) is 2. The summed E-state index contributed by atoms with van der Waals surface area (Å²) in [6, 6.07) is 9.03. The maximum Gasteiger partial charge on any atom is 0.262 e. The molecule has 2 aliphatic rings. The highest BCUT2D eigenvalue weighted by Crippen LogP contribution is 2.29. The van der Waals surface area contributed by atoms with Crippen LogP contribution >= 0.6 is 0 Å². The number of ether oxygens (including phenoxy) is 1. The molecule has 24 heavy (non-hydrogen) atoms. The maximum atomic E-state index is 15.2. The van der Waals surface area contributed by atoms with Gasteiger partial charge in [-0.2, -0.15) is 0 Å². The van der Waals surface area contributed by atoms with Gasteiger partial charge in [0.15, 0.2) is 6.61 Å². The second kappa shape index (κ2) is 7.20. The van der Waals surface area contributed by atoms with Crippen LogP contribution < -0.4 is 4.74 Å². The summed E-state index contributed by atoms with van der Waals surface area (Å²) in [5, 5.41) is 0. The molecule has 0 N–H and O–H groups in total. The van der Waals surface area contributed by atoms with Crippen molar-refractivity contribution >= 4 is 11.8 Å². The van der Waals surface area contributed by atoms with E-state index in [9.17, 15) is 9.59 Å². The third kappa shape index (κ3) is 3.68. The minimum atomic E-state index is -1.95. The SMILES string of the molecule is O=C(COc1ccccc1)N1CCCC(F)(C(=O)N2CCCC2)C1. The molecular formula is C18H23FN2O3. The molecule has 2 aliphatic heterocycles. The second-order valence-corrected chi connectivity index (χ2v) is 6.49. The molecule has 5 nitrogen and oxygen atoms in total. The van der Waals surface area contributed by atoms with Gasteiger partial charge in [-0.05, 0) is 37.8 Å². The van der Waals surface area contributed by atoms with Crippen LogP contribution in [0.5, 0.6) is 5.75 Å². The average molecular weight is 334 g/mol. The molecule has 1 aromatic carbocycles. The molecule has 1 atom stereocenters. The molecule has 2 fully saturated rings. The van der Waals surface area contributed by atoms with E-state index in [2.05, 4.69) is 0 Å². The smallest absolute Gasteiger partial charge is 0.262 e. The Balaban J connectivity index is 1.57. The van der Waals surface area contributed by atoms with Crippen LogP contribution in [-0.4, -0.2) is 60.1 Å². The van der Waals surface area contributed by atoms with Gasteiger partial charge in [-0.3, -0.25) is 9.59 Å². The highest BCUT2D eigenvalue weighted by atomic mass is 19.1. The van der Waals surface area contributed by atoms with E-state index in [4.69, 9.17) is 4.74 Å². The van der Waals surface area contributed by atoms with E-state index >= 15 is 4.39 Å². The number of carbonyl (C=O) groups excluding carboxylic acids is 2. The number of hydrogen-bond donors (Lipinski definition) is 0. The number of hydrogen-bond acceptors (Lipinski definition) is 3. The monoisotopic (exact) mass is 334 g/mol. The van der Waals surface area contributed by atoms with Gasteiger partial charge in [0.05, 0.1) is 6.54 Å². The molecule has 0 bridgehead atoms. The molecule has 0 saturated carbocycles. The minimum Gasteiger partial charge on any atom is -0.484 e. The summed E-state index contributed by atoms with van der Waals surface area (Å²) in [5.74, 6) is -0.140. The van der Waals surface area contributed by atoms with Gasteiger partial charge in [-0.15, -0.1) is 0 Å². The summed E-state index contributed by atoms with van der Waals surface area (Å²) >= 11 is 0. The number of amides is 2. The van der Waals surface area contributed by atoms with Gasteiger partial charge >= 0.3 is 0 Å². The Morgan fingerprint density at radius 2 is 1.71 bits per heavy atom. The highest BCUT2D eigenvalue weighted by Gasteiger charge is 2.46. The third-order valence-corrected chi connectivity index (χ3v) is 4.68. The van der Waals surface area contributed by atoms with Crippen LogP contribution in [-0.2, 0) is 9.59 Å². The van der Waals surface area contributed by atoms with Crippen molar-refractivity contribution in [3.63, 3.8) is 0 Å². The van der Waals surface area contributed by atoms with E-state index in [-0.39, 0.29) is 25.5 Å². The zero-order valence-corrected chi connectivity index (χ0v) is 13.7. The van der Waals surface area contributed by atoms with Crippen molar-refractivity contribution in [2.24, 2.45) is 0 Å². The zero-order valence-electron chi connectivity index (χ0n) is 13.7. The van der Waals surface area contributed by atoms with Crippen molar-refractivity contribution in [1.82, 2.24) is 9.80 Å². The Bertz CT molecular complexity index is 589. The fraction of sp³-hybridized carbons (Fsp3) is 0.556. The molecule has 2 saturated heterocycles. The number of piperidine rings is 1. The summed E-state index contributed by atoms with van der Waals surface area (Å²) in [6.07, 6.45) is 2.53. The van der Waals surface area contributed by atoms with Crippen LogP contribution in [0.4, 0.5) is 4.39 Å². The normalized spacial score (nSPS) is 24.0. The summed E-state index contributed by atoms with van der Waals surface area (Å²) in [4.78, 5) is 27.8. The molecule has 0 aliphatic carbocycles. The molecule has 1 unspecified atom stereocenters. The van der Waals surface area contributed by atoms with E-state index in [1.807, 2.05) is 18.2 Å². The van der Waals surface area contributed by atoms with Gasteiger partial charge in [0.2, 0.25) is 5.67 Å². The van der Waals surface area contributed by atoms with E-state index in [1.54, 1.807) is 17.0 Å². The van der Waals surface area contributed by atoms with Gasteiger partial charge in [0.1, 0.15) is 5.75 Å². The average Bonchev–Trinajstić information content (AvgIpc) is 3.14. The molecule has 0 aromatic heterocycles. The number of alkyl halides is 1. The fourth-order valence-electron chi connectivity index (χ4n) is 3.35. The number of halogens is 1. The van der Waals surface area contributed by atoms with Crippen LogP contribution in [0.25, 0.3) is 0 Å². The van der Waals surface area contributed by atoms with Crippen LogP contribution in [0.15, 0.2) is 30.3 Å². The van der Waals surface area contributed by atoms with Gasteiger partial charge < -0.3 is 14.5 Å². The molecule has 0 radical (unpaired) electrons. The van der Waals surface area contributed by atoms with E-state index < -0.39 is 11.6 Å². The summed E-state index contributed by atoms with van der Waals surface area (Å²) < 4.78 is 20.6. The predicted octanol–water partition coefficient (Wildman–Crippen LogP) is 2.02. The van der Waals surface area contributed by atoms with Crippen molar-refractivity contribution in [2.75, 3.05) is 32.8 Å². The van der Waals surface area contributed by atoms with Gasteiger partial charge in [0.25, 0.3) is 11.8 Å². The lowest BCUT2D eigenvalue weighted by molar-refractivity contribution is -0.151. The molecule has 6 heteroatoms. The molecule has 3 rings (SSSR count). The third-order valence-electron chi connectivity index (χ3n) is 4.68. The first-order chi connectivity index (χ1) is 11.6. The second-order valence-electron chi connectivity index (χ2n) is 6.49.